The summed E-state index contributed by atoms with van der Waals surface area (Å²) in [5, 5.41) is 18.4. The lowest BCUT2D eigenvalue weighted by Crippen LogP contribution is -2.42. The molecule has 1 amide bonds. The number of carbonyl (C=O) groups is 2. The van der Waals surface area contributed by atoms with Gasteiger partial charge in [0.15, 0.2) is 0 Å². The van der Waals surface area contributed by atoms with E-state index in [0.29, 0.717) is 17.7 Å². The van der Waals surface area contributed by atoms with Crippen LogP contribution in [-0.4, -0.2) is 34.6 Å². The third kappa shape index (κ3) is 6.81. The van der Waals surface area contributed by atoms with Crippen LogP contribution in [-0.2, 0) is 17.6 Å². The summed E-state index contributed by atoms with van der Waals surface area (Å²) in [4.78, 5) is 52.7. The molecule has 9 nitrogen and oxygen atoms in total. The van der Waals surface area contributed by atoms with E-state index in [0.717, 1.165) is 18.4 Å². The lowest BCUT2D eigenvalue weighted by atomic mass is 10.0. The number of nitrogens with one attached hydrogen (secondary N) is 3. The highest BCUT2D eigenvalue weighted by Gasteiger charge is 2.26. The number of hydrogen-bond acceptors (Lipinski definition) is 7. The number of rotatable bonds is 12. The highest BCUT2D eigenvalue weighted by molar-refractivity contribution is 6.39. The van der Waals surface area contributed by atoms with E-state index in [-0.39, 0.29) is 33.5 Å². The van der Waals surface area contributed by atoms with Crippen molar-refractivity contribution in [1.29, 1.82) is 0 Å². The molecule has 0 radical (unpaired) electrons. The van der Waals surface area contributed by atoms with Crippen molar-refractivity contribution < 1.29 is 14.7 Å². The fraction of sp³-hybridized carbons (Fsp3) is 0.179. The fourth-order valence-corrected chi connectivity index (χ4v) is 4.43. The number of carboxylic acid groups (broad SMARTS) is 1. The van der Waals surface area contributed by atoms with Crippen LogP contribution >= 0.6 is 23.2 Å². The van der Waals surface area contributed by atoms with Gasteiger partial charge in [-0.25, -0.2) is 4.79 Å². The molecule has 0 spiro atoms. The molecule has 0 fully saturated rings. The van der Waals surface area contributed by atoms with Crippen molar-refractivity contribution in [2.45, 2.75) is 25.3 Å². The Kier molecular flexibility index (Phi) is 8.96. The quantitative estimate of drug-likeness (QED) is 0.146. The Labute approximate surface area is 233 Å². The van der Waals surface area contributed by atoms with Gasteiger partial charge >= 0.3 is 5.97 Å². The molecule has 39 heavy (non-hydrogen) atoms. The second-order valence-electron chi connectivity index (χ2n) is 8.79. The normalized spacial score (nSPS) is 11.6. The van der Waals surface area contributed by atoms with Crippen LogP contribution in [0.4, 0.5) is 17.1 Å². The summed E-state index contributed by atoms with van der Waals surface area (Å²) >= 11 is 12.1. The summed E-state index contributed by atoms with van der Waals surface area (Å²) in [6, 6.07) is 14.9. The molecule has 3 aromatic carbocycles. The molecule has 4 aromatic rings. The number of aromatic nitrogens is 1. The Hall–Kier alpha value is -4.21. The van der Waals surface area contributed by atoms with Crippen LogP contribution in [0.1, 0.15) is 27.9 Å². The average Bonchev–Trinajstić information content (AvgIpc) is 2.94. The molecule has 200 valence electrons. The van der Waals surface area contributed by atoms with Crippen molar-refractivity contribution in [3.05, 3.63) is 114 Å². The first-order valence-corrected chi connectivity index (χ1v) is 12.8. The lowest BCUT2D eigenvalue weighted by molar-refractivity contribution is -0.137. The molecule has 4 N–H and O–H groups in total. The van der Waals surface area contributed by atoms with Gasteiger partial charge in [0, 0.05) is 30.9 Å². The molecule has 4 rings (SSSR count). The molecule has 1 aromatic heterocycles. The minimum atomic E-state index is -1.19. The monoisotopic (exact) mass is 566 g/mol. The van der Waals surface area contributed by atoms with E-state index in [9.17, 15) is 24.3 Å². The molecule has 0 aliphatic carbocycles. The molecule has 11 heteroatoms. The fourth-order valence-electron chi connectivity index (χ4n) is 3.97. The zero-order valence-corrected chi connectivity index (χ0v) is 22.1. The van der Waals surface area contributed by atoms with E-state index in [1.165, 1.54) is 24.5 Å². The Morgan fingerprint density at radius 3 is 2.13 bits per heavy atom. The Bertz CT molecular complexity index is 1530. The third-order valence-electron chi connectivity index (χ3n) is 6.06. The first-order valence-electron chi connectivity index (χ1n) is 12.0. The summed E-state index contributed by atoms with van der Waals surface area (Å²) in [7, 11) is 0. The van der Waals surface area contributed by atoms with Crippen molar-refractivity contribution in [1.82, 2.24) is 4.98 Å². The summed E-state index contributed by atoms with van der Waals surface area (Å²) in [5.41, 5.74) is 0.916. The van der Waals surface area contributed by atoms with Gasteiger partial charge in [-0.3, -0.25) is 19.4 Å². The SMILES string of the molecule is O=C(Nc1c(Cl)cncc1Cl)c1ccc(C[C@H](Nc2c(NCCCc3ccccc3)c(=O)c2=O)C(=O)O)cc1. The standard InChI is InChI=1S/C28H24Cl2N4O5/c29-19-14-31-15-20(30)22(19)34-27(37)18-10-8-17(9-11-18)13-21(28(38)39)33-24-23(25(35)26(24)36)32-12-4-7-16-5-2-1-3-6-16/h1-3,5-6,8-11,14-15,21,32-33H,4,7,12-13H2,(H,38,39)(H,31,34,37)/t21-/m0/s1. The van der Waals surface area contributed by atoms with E-state index in [4.69, 9.17) is 23.2 Å². The van der Waals surface area contributed by atoms with Gasteiger partial charge in [0.05, 0.1) is 15.7 Å². The maximum atomic E-state index is 12.6. The highest BCUT2D eigenvalue weighted by Crippen LogP contribution is 2.29. The molecular weight excluding hydrogens is 543 g/mol. The van der Waals surface area contributed by atoms with Gasteiger partial charge in [0.1, 0.15) is 17.4 Å². The third-order valence-corrected chi connectivity index (χ3v) is 6.63. The summed E-state index contributed by atoms with van der Waals surface area (Å²) in [5.74, 6) is -1.65. The van der Waals surface area contributed by atoms with E-state index in [1.54, 1.807) is 12.1 Å². The first kappa shape index (κ1) is 27.8. The number of anilines is 3. The zero-order valence-electron chi connectivity index (χ0n) is 20.5. The van der Waals surface area contributed by atoms with Crippen LogP contribution in [0, 0.1) is 0 Å². The Morgan fingerprint density at radius 1 is 0.846 bits per heavy atom. The number of aryl methyl sites for hydroxylation is 1. The molecule has 0 saturated carbocycles. The zero-order chi connectivity index (χ0) is 27.9. The predicted octanol–water partition coefficient (Wildman–Crippen LogP) is 4.39. The smallest absolute Gasteiger partial charge is 0.326 e. The average molecular weight is 567 g/mol. The Balaban J connectivity index is 1.37. The van der Waals surface area contributed by atoms with Gasteiger partial charge < -0.3 is 21.1 Å². The number of benzene rings is 2. The topological polar surface area (TPSA) is 137 Å². The number of carbonyl (C=O) groups excluding carboxylic acids is 1. The summed E-state index contributed by atoms with van der Waals surface area (Å²) < 4.78 is 0. The van der Waals surface area contributed by atoms with E-state index < -0.39 is 28.8 Å². The molecule has 0 aliphatic heterocycles. The van der Waals surface area contributed by atoms with Gasteiger partial charge in [-0.1, -0.05) is 65.7 Å². The van der Waals surface area contributed by atoms with Gasteiger partial charge in [0.25, 0.3) is 16.8 Å². The number of aliphatic carboxylic acids is 1. The van der Waals surface area contributed by atoms with Gasteiger partial charge in [-0.2, -0.15) is 0 Å². The molecule has 0 aliphatic rings. The van der Waals surface area contributed by atoms with Crippen LogP contribution in [0.2, 0.25) is 10.0 Å². The van der Waals surface area contributed by atoms with Crippen LogP contribution in [0.5, 0.6) is 0 Å². The number of carboxylic acids is 1. The maximum Gasteiger partial charge on any atom is 0.326 e. The van der Waals surface area contributed by atoms with Crippen molar-refractivity contribution in [2.24, 2.45) is 0 Å². The molecule has 1 atom stereocenters. The molecular formula is C28H24Cl2N4O5. The number of halogens is 2. The van der Waals surface area contributed by atoms with Crippen molar-refractivity contribution in [2.75, 3.05) is 22.5 Å². The van der Waals surface area contributed by atoms with Crippen LogP contribution in [0.3, 0.4) is 0 Å². The number of hydrogen-bond donors (Lipinski definition) is 4. The van der Waals surface area contributed by atoms with Crippen molar-refractivity contribution in [3.8, 4) is 0 Å². The van der Waals surface area contributed by atoms with Gasteiger partial charge in [-0.15, -0.1) is 0 Å². The number of pyridine rings is 1. The van der Waals surface area contributed by atoms with Crippen molar-refractivity contribution >= 4 is 52.1 Å². The van der Waals surface area contributed by atoms with E-state index >= 15 is 0 Å². The van der Waals surface area contributed by atoms with E-state index in [1.807, 2.05) is 30.3 Å². The Morgan fingerprint density at radius 2 is 1.49 bits per heavy atom. The first-order chi connectivity index (χ1) is 18.7. The minimum absolute atomic E-state index is 0.00546. The molecule has 1 heterocycles. The van der Waals surface area contributed by atoms with E-state index in [2.05, 4.69) is 20.9 Å². The molecule has 0 saturated heterocycles. The largest absolute Gasteiger partial charge is 0.480 e. The maximum absolute atomic E-state index is 12.6. The second kappa shape index (κ2) is 12.6. The summed E-state index contributed by atoms with van der Waals surface area (Å²) in [6.07, 6.45) is 4.23. The van der Waals surface area contributed by atoms with Gasteiger partial charge in [-0.05, 0) is 36.1 Å². The summed E-state index contributed by atoms with van der Waals surface area (Å²) in [6.45, 7) is 0.450. The predicted molar refractivity (Wildman–Crippen MR) is 152 cm³/mol. The highest BCUT2D eigenvalue weighted by atomic mass is 35.5. The van der Waals surface area contributed by atoms with Crippen LogP contribution in [0.25, 0.3) is 0 Å². The molecule has 0 unspecified atom stereocenters. The number of nitrogens with zero attached hydrogens (tertiary/aromatic N) is 1. The minimum Gasteiger partial charge on any atom is -0.480 e. The molecule has 0 bridgehead atoms. The number of amides is 1. The lowest BCUT2D eigenvalue weighted by Gasteiger charge is -2.20. The second-order valence-corrected chi connectivity index (χ2v) is 9.61. The van der Waals surface area contributed by atoms with Crippen LogP contribution < -0.4 is 26.8 Å². The van der Waals surface area contributed by atoms with Gasteiger partial charge in [0.2, 0.25) is 0 Å². The van der Waals surface area contributed by atoms with Crippen molar-refractivity contribution in [3.63, 3.8) is 0 Å². The van der Waals surface area contributed by atoms with Crippen LogP contribution in [0.15, 0.2) is 76.6 Å².